The van der Waals surface area contributed by atoms with E-state index in [4.69, 9.17) is 11.6 Å². The fraction of sp³-hybridized carbons (Fsp3) is 0.0714. The van der Waals surface area contributed by atoms with Crippen LogP contribution in [0.3, 0.4) is 0 Å². The van der Waals surface area contributed by atoms with Crippen LogP contribution in [0.4, 0.5) is 5.69 Å². The number of sulfonamides is 1. The molecule has 0 aliphatic heterocycles. The number of fused-ring (bicyclic) bond motifs is 1. The quantitative estimate of drug-likeness (QED) is 0.777. The molecule has 108 valence electrons. The molecule has 0 aliphatic rings. The zero-order chi connectivity index (χ0) is 15.0. The van der Waals surface area contributed by atoms with Crippen LogP contribution >= 0.6 is 11.6 Å². The van der Waals surface area contributed by atoms with E-state index in [1.54, 1.807) is 36.4 Å². The van der Waals surface area contributed by atoms with Crippen molar-refractivity contribution in [1.82, 2.24) is 9.97 Å². The summed E-state index contributed by atoms with van der Waals surface area (Å²) in [7, 11) is -3.70. The van der Waals surface area contributed by atoms with E-state index in [9.17, 15) is 8.42 Å². The van der Waals surface area contributed by atoms with E-state index in [0.717, 1.165) is 11.3 Å². The van der Waals surface area contributed by atoms with Gasteiger partial charge < -0.3 is 4.98 Å². The van der Waals surface area contributed by atoms with Gasteiger partial charge in [-0.1, -0.05) is 23.7 Å². The number of hydrogen-bond acceptors (Lipinski definition) is 3. The molecule has 1 heterocycles. The van der Waals surface area contributed by atoms with Gasteiger partial charge >= 0.3 is 0 Å². The molecule has 1 aromatic heterocycles. The van der Waals surface area contributed by atoms with Crippen molar-refractivity contribution < 1.29 is 8.42 Å². The lowest BCUT2D eigenvalue weighted by atomic mass is 10.3. The average molecular weight is 322 g/mol. The Labute approximate surface area is 127 Å². The van der Waals surface area contributed by atoms with Gasteiger partial charge in [0.15, 0.2) is 0 Å². The Kier molecular flexibility index (Phi) is 3.35. The van der Waals surface area contributed by atoms with E-state index in [-0.39, 0.29) is 4.90 Å². The van der Waals surface area contributed by atoms with E-state index < -0.39 is 10.0 Å². The lowest BCUT2D eigenvalue weighted by Gasteiger charge is -2.09. The van der Waals surface area contributed by atoms with Crippen molar-refractivity contribution in [2.45, 2.75) is 11.8 Å². The minimum atomic E-state index is -3.70. The van der Waals surface area contributed by atoms with Crippen LogP contribution in [0.5, 0.6) is 0 Å². The maximum Gasteiger partial charge on any atom is 0.262 e. The first-order valence-corrected chi connectivity index (χ1v) is 8.05. The van der Waals surface area contributed by atoms with Crippen molar-refractivity contribution >= 4 is 38.3 Å². The predicted molar refractivity (Wildman–Crippen MR) is 83.1 cm³/mol. The number of H-pyrrole nitrogens is 1. The van der Waals surface area contributed by atoms with E-state index in [1.165, 1.54) is 6.07 Å². The third-order valence-corrected chi connectivity index (χ3v) is 4.69. The summed E-state index contributed by atoms with van der Waals surface area (Å²) < 4.78 is 27.3. The molecule has 2 N–H and O–H groups in total. The van der Waals surface area contributed by atoms with Gasteiger partial charge in [0.05, 0.1) is 26.6 Å². The molecule has 0 aliphatic carbocycles. The fourth-order valence-corrected chi connectivity index (χ4v) is 3.38. The summed E-state index contributed by atoms with van der Waals surface area (Å²) in [5.74, 6) is 0.735. The Bertz CT molecular complexity index is 919. The number of aryl methyl sites for hydroxylation is 1. The van der Waals surface area contributed by atoms with Crippen LogP contribution in [-0.2, 0) is 10.0 Å². The van der Waals surface area contributed by atoms with Crippen LogP contribution in [-0.4, -0.2) is 18.4 Å². The molecule has 0 bridgehead atoms. The molecule has 0 amide bonds. The molecule has 5 nitrogen and oxygen atoms in total. The first-order valence-electron chi connectivity index (χ1n) is 6.19. The van der Waals surface area contributed by atoms with Gasteiger partial charge in [0.25, 0.3) is 10.0 Å². The van der Waals surface area contributed by atoms with Crippen molar-refractivity contribution in [3.05, 3.63) is 53.3 Å². The Morgan fingerprint density at radius 2 is 1.95 bits per heavy atom. The average Bonchev–Trinajstić information content (AvgIpc) is 2.80. The molecule has 3 aromatic rings. The first kappa shape index (κ1) is 13.9. The highest BCUT2D eigenvalue weighted by Gasteiger charge is 2.16. The topological polar surface area (TPSA) is 74.8 Å². The third-order valence-electron chi connectivity index (χ3n) is 3.00. The number of rotatable bonds is 3. The molecule has 0 spiro atoms. The Morgan fingerprint density at radius 3 is 2.71 bits per heavy atom. The van der Waals surface area contributed by atoms with E-state index in [2.05, 4.69) is 14.7 Å². The number of halogens is 1. The number of benzene rings is 2. The molecule has 0 unspecified atom stereocenters. The highest BCUT2D eigenvalue weighted by molar-refractivity contribution is 7.92. The number of imidazole rings is 1. The molecule has 0 atom stereocenters. The highest BCUT2D eigenvalue weighted by Crippen LogP contribution is 2.25. The van der Waals surface area contributed by atoms with E-state index >= 15 is 0 Å². The maximum atomic E-state index is 12.4. The molecule has 0 radical (unpaired) electrons. The number of aromatic nitrogens is 2. The summed E-state index contributed by atoms with van der Waals surface area (Å²) in [4.78, 5) is 7.41. The van der Waals surface area contributed by atoms with Gasteiger partial charge in [-0.05, 0) is 37.3 Å². The highest BCUT2D eigenvalue weighted by atomic mass is 35.5. The number of aromatic amines is 1. The fourth-order valence-electron chi connectivity index (χ4n) is 2.03. The summed E-state index contributed by atoms with van der Waals surface area (Å²) in [6.07, 6.45) is 0. The smallest absolute Gasteiger partial charge is 0.262 e. The molecule has 3 rings (SSSR count). The van der Waals surface area contributed by atoms with Gasteiger partial charge in [-0.15, -0.1) is 0 Å². The monoisotopic (exact) mass is 321 g/mol. The number of para-hydroxylation sites is 1. The van der Waals surface area contributed by atoms with Crippen LogP contribution in [0.15, 0.2) is 47.4 Å². The van der Waals surface area contributed by atoms with Crippen molar-refractivity contribution in [2.24, 2.45) is 0 Å². The minimum absolute atomic E-state index is 0.151. The van der Waals surface area contributed by atoms with E-state index in [0.29, 0.717) is 16.2 Å². The summed E-state index contributed by atoms with van der Waals surface area (Å²) in [6.45, 7) is 1.82. The first-order chi connectivity index (χ1) is 9.95. The second-order valence-corrected chi connectivity index (χ2v) is 6.68. The van der Waals surface area contributed by atoms with Crippen LogP contribution in [0.2, 0.25) is 5.02 Å². The molecule has 2 aromatic carbocycles. The van der Waals surface area contributed by atoms with E-state index in [1.807, 2.05) is 6.92 Å². The molecule has 21 heavy (non-hydrogen) atoms. The van der Waals surface area contributed by atoms with Gasteiger partial charge in [0, 0.05) is 0 Å². The molecule has 7 heteroatoms. The third kappa shape index (κ3) is 2.72. The lowest BCUT2D eigenvalue weighted by molar-refractivity contribution is 0.601. The summed E-state index contributed by atoms with van der Waals surface area (Å²) in [6, 6.07) is 11.4. The number of nitrogens with one attached hydrogen (secondary N) is 2. The van der Waals surface area contributed by atoms with Crippen LogP contribution in [0, 0.1) is 6.92 Å². The standard InChI is InChI=1S/C14H12ClN3O2S/c1-9-16-13-7-6-10(8-14(13)17-9)21(19,20)18-12-5-3-2-4-11(12)15/h2-8,18H,1H3,(H,16,17). The van der Waals surface area contributed by atoms with Crippen LogP contribution in [0.25, 0.3) is 11.0 Å². The van der Waals surface area contributed by atoms with Crippen molar-refractivity contribution in [3.8, 4) is 0 Å². The molecule has 0 fully saturated rings. The Hall–Kier alpha value is -2.05. The molecule has 0 saturated heterocycles. The molecular formula is C14H12ClN3O2S. The lowest BCUT2D eigenvalue weighted by Crippen LogP contribution is -2.13. The van der Waals surface area contributed by atoms with Gasteiger partial charge in [-0.2, -0.15) is 0 Å². The molecule has 0 saturated carbocycles. The zero-order valence-electron chi connectivity index (χ0n) is 11.1. The van der Waals surface area contributed by atoms with Gasteiger partial charge in [-0.25, -0.2) is 13.4 Å². The predicted octanol–water partition coefficient (Wildman–Crippen LogP) is 3.33. The van der Waals surface area contributed by atoms with Crippen molar-refractivity contribution in [1.29, 1.82) is 0 Å². The van der Waals surface area contributed by atoms with Gasteiger partial charge in [0.2, 0.25) is 0 Å². The van der Waals surface area contributed by atoms with Gasteiger partial charge in [-0.3, -0.25) is 4.72 Å². The second kappa shape index (κ2) is 5.05. The number of anilines is 1. The maximum absolute atomic E-state index is 12.4. The zero-order valence-corrected chi connectivity index (χ0v) is 12.7. The summed E-state index contributed by atoms with van der Waals surface area (Å²) >= 11 is 5.97. The number of hydrogen-bond donors (Lipinski definition) is 2. The SMILES string of the molecule is Cc1nc2ccc(S(=O)(=O)Nc3ccccc3Cl)cc2[nH]1. The summed E-state index contributed by atoms with van der Waals surface area (Å²) in [5, 5.41) is 0.347. The largest absolute Gasteiger partial charge is 0.342 e. The Morgan fingerprint density at radius 1 is 1.19 bits per heavy atom. The van der Waals surface area contributed by atoms with Crippen molar-refractivity contribution in [3.63, 3.8) is 0 Å². The minimum Gasteiger partial charge on any atom is -0.342 e. The van der Waals surface area contributed by atoms with Crippen molar-refractivity contribution in [2.75, 3.05) is 4.72 Å². The van der Waals surface area contributed by atoms with Crippen LogP contribution < -0.4 is 4.72 Å². The second-order valence-electron chi connectivity index (χ2n) is 4.59. The number of nitrogens with zero attached hydrogens (tertiary/aromatic N) is 1. The summed E-state index contributed by atoms with van der Waals surface area (Å²) in [5.41, 5.74) is 1.75. The molecular weight excluding hydrogens is 310 g/mol. The normalized spacial score (nSPS) is 11.7. The Balaban J connectivity index is 2.01. The van der Waals surface area contributed by atoms with Crippen LogP contribution in [0.1, 0.15) is 5.82 Å². The van der Waals surface area contributed by atoms with Gasteiger partial charge in [0.1, 0.15) is 5.82 Å².